The summed E-state index contributed by atoms with van der Waals surface area (Å²) in [4.78, 5) is 9.20. The van der Waals surface area contributed by atoms with Crippen LogP contribution in [0.1, 0.15) is 128 Å². The van der Waals surface area contributed by atoms with Crippen LogP contribution in [0, 0.1) is 23.7 Å². The van der Waals surface area contributed by atoms with Crippen molar-refractivity contribution in [3.63, 3.8) is 0 Å². The SMILES string of the molecule is CCCCCCC[C@H]1CC[C@H]([C@H]2CC[C@H](CCc3ncc(CCC)cn3)CC2)CC1. The summed E-state index contributed by atoms with van der Waals surface area (Å²) in [6.45, 7) is 4.53. The second-order valence-corrected chi connectivity index (χ2v) is 10.6. The average molecular weight is 413 g/mol. The number of aromatic nitrogens is 2. The van der Waals surface area contributed by atoms with Crippen LogP contribution >= 0.6 is 0 Å². The van der Waals surface area contributed by atoms with E-state index in [0.29, 0.717) is 0 Å². The lowest BCUT2D eigenvalue weighted by Crippen LogP contribution is -2.26. The zero-order valence-electron chi connectivity index (χ0n) is 20.1. The third-order valence-electron chi connectivity index (χ3n) is 8.24. The van der Waals surface area contributed by atoms with Crippen LogP contribution in [-0.4, -0.2) is 9.97 Å². The van der Waals surface area contributed by atoms with Crippen molar-refractivity contribution in [3.8, 4) is 0 Å². The topological polar surface area (TPSA) is 25.8 Å². The van der Waals surface area contributed by atoms with E-state index < -0.39 is 0 Å². The Hall–Kier alpha value is -0.920. The number of nitrogens with zero attached hydrogens (tertiary/aromatic N) is 2. The molecule has 2 heteroatoms. The Bertz CT molecular complexity index is 551. The Balaban J connectivity index is 1.27. The predicted molar refractivity (Wildman–Crippen MR) is 129 cm³/mol. The van der Waals surface area contributed by atoms with Crippen LogP contribution in [-0.2, 0) is 12.8 Å². The molecule has 0 bridgehead atoms. The van der Waals surface area contributed by atoms with E-state index in [-0.39, 0.29) is 0 Å². The van der Waals surface area contributed by atoms with Gasteiger partial charge in [0.05, 0.1) is 0 Å². The van der Waals surface area contributed by atoms with E-state index in [2.05, 4.69) is 23.8 Å². The first-order valence-electron chi connectivity index (χ1n) is 13.6. The van der Waals surface area contributed by atoms with Crippen LogP contribution in [0.4, 0.5) is 0 Å². The van der Waals surface area contributed by atoms with Crippen LogP contribution < -0.4 is 0 Å². The average Bonchev–Trinajstić information content (AvgIpc) is 2.79. The molecule has 2 aliphatic carbocycles. The first-order valence-corrected chi connectivity index (χ1v) is 13.6. The van der Waals surface area contributed by atoms with Gasteiger partial charge in [0.25, 0.3) is 0 Å². The normalized spacial score (nSPS) is 27.3. The molecule has 0 saturated heterocycles. The molecule has 0 aromatic carbocycles. The molecule has 0 amide bonds. The van der Waals surface area contributed by atoms with Gasteiger partial charge in [0.2, 0.25) is 0 Å². The van der Waals surface area contributed by atoms with Gasteiger partial charge in [0, 0.05) is 18.8 Å². The molecule has 0 unspecified atom stereocenters. The zero-order chi connectivity index (χ0) is 21.0. The summed E-state index contributed by atoms with van der Waals surface area (Å²) in [5.74, 6) is 5.13. The molecule has 0 aliphatic heterocycles. The molecular weight excluding hydrogens is 364 g/mol. The highest BCUT2D eigenvalue weighted by atomic mass is 14.9. The molecular formula is C28H48N2. The van der Waals surface area contributed by atoms with Crippen LogP contribution in [0.15, 0.2) is 12.4 Å². The number of hydrogen-bond acceptors (Lipinski definition) is 2. The lowest BCUT2D eigenvalue weighted by molar-refractivity contribution is 0.140. The summed E-state index contributed by atoms with van der Waals surface area (Å²) in [5, 5.41) is 0. The van der Waals surface area contributed by atoms with E-state index in [1.165, 1.54) is 108 Å². The van der Waals surface area contributed by atoms with Gasteiger partial charge in [-0.2, -0.15) is 0 Å². The first-order chi connectivity index (χ1) is 14.8. The van der Waals surface area contributed by atoms with Gasteiger partial charge in [-0.25, -0.2) is 9.97 Å². The van der Waals surface area contributed by atoms with Gasteiger partial charge in [0.1, 0.15) is 5.82 Å². The summed E-state index contributed by atoms with van der Waals surface area (Å²) in [7, 11) is 0. The maximum atomic E-state index is 4.60. The molecule has 2 aliphatic rings. The molecule has 0 atom stereocenters. The van der Waals surface area contributed by atoms with E-state index in [0.717, 1.165) is 42.3 Å². The number of hydrogen-bond donors (Lipinski definition) is 0. The van der Waals surface area contributed by atoms with Crippen molar-refractivity contribution < 1.29 is 0 Å². The van der Waals surface area contributed by atoms with Crippen molar-refractivity contribution in [3.05, 3.63) is 23.8 Å². The minimum Gasteiger partial charge on any atom is -0.241 e. The molecule has 0 spiro atoms. The van der Waals surface area contributed by atoms with Gasteiger partial charge >= 0.3 is 0 Å². The molecule has 2 saturated carbocycles. The summed E-state index contributed by atoms with van der Waals surface area (Å²) < 4.78 is 0. The number of unbranched alkanes of at least 4 members (excludes halogenated alkanes) is 4. The van der Waals surface area contributed by atoms with E-state index in [1.54, 1.807) is 0 Å². The van der Waals surface area contributed by atoms with Crippen molar-refractivity contribution >= 4 is 0 Å². The molecule has 1 aromatic heterocycles. The lowest BCUT2D eigenvalue weighted by Gasteiger charge is -2.38. The molecule has 3 rings (SSSR count). The quantitative estimate of drug-likeness (QED) is 0.322. The largest absolute Gasteiger partial charge is 0.241 e. The van der Waals surface area contributed by atoms with Crippen molar-refractivity contribution in [1.82, 2.24) is 9.97 Å². The minimum absolute atomic E-state index is 0.916. The predicted octanol–water partition coefficient (Wildman–Crippen LogP) is 8.34. The van der Waals surface area contributed by atoms with E-state index in [1.807, 2.05) is 12.4 Å². The number of aryl methyl sites for hydroxylation is 2. The fourth-order valence-corrected chi connectivity index (χ4v) is 6.19. The molecule has 1 heterocycles. The highest BCUT2D eigenvalue weighted by Gasteiger charge is 2.30. The lowest BCUT2D eigenvalue weighted by atomic mass is 9.68. The van der Waals surface area contributed by atoms with Gasteiger partial charge in [-0.05, 0) is 67.8 Å². The van der Waals surface area contributed by atoms with Crippen molar-refractivity contribution in [1.29, 1.82) is 0 Å². The van der Waals surface area contributed by atoms with E-state index >= 15 is 0 Å². The number of rotatable bonds is 12. The maximum Gasteiger partial charge on any atom is 0.128 e. The Morgan fingerprint density at radius 3 is 1.77 bits per heavy atom. The Morgan fingerprint density at radius 1 is 0.633 bits per heavy atom. The van der Waals surface area contributed by atoms with E-state index in [9.17, 15) is 0 Å². The summed E-state index contributed by atoms with van der Waals surface area (Å²) in [5.41, 5.74) is 1.29. The van der Waals surface area contributed by atoms with Gasteiger partial charge in [-0.1, -0.05) is 84.5 Å². The Kier molecular flexibility index (Phi) is 10.7. The Morgan fingerprint density at radius 2 is 1.20 bits per heavy atom. The maximum absolute atomic E-state index is 4.60. The standard InChI is InChI=1S/C28H48N2/c1-3-5-6-7-8-10-23-11-16-26(17-12-23)27-18-13-24(14-19-27)15-20-28-29-21-25(9-4-2)22-30-28/h21-24,26-27H,3-20H2,1-2H3/t23-,24-,26-,27-. The van der Waals surface area contributed by atoms with Crippen LogP contribution in [0.25, 0.3) is 0 Å². The molecule has 0 radical (unpaired) electrons. The molecule has 0 N–H and O–H groups in total. The third-order valence-corrected chi connectivity index (χ3v) is 8.24. The zero-order valence-corrected chi connectivity index (χ0v) is 20.1. The monoisotopic (exact) mass is 412 g/mol. The van der Waals surface area contributed by atoms with Gasteiger partial charge in [-0.3, -0.25) is 0 Å². The molecule has 30 heavy (non-hydrogen) atoms. The summed E-state index contributed by atoms with van der Waals surface area (Å²) >= 11 is 0. The second kappa shape index (κ2) is 13.5. The first kappa shape index (κ1) is 23.7. The van der Waals surface area contributed by atoms with Crippen LogP contribution in [0.5, 0.6) is 0 Å². The van der Waals surface area contributed by atoms with Crippen molar-refractivity contribution in [2.24, 2.45) is 23.7 Å². The Labute approximate surface area is 187 Å². The highest BCUT2D eigenvalue weighted by molar-refractivity contribution is 5.05. The van der Waals surface area contributed by atoms with Crippen molar-refractivity contribution in [2.45, 2.75) is 129 Å². The summed E-state index contributed by atoms with van der Waals surface area (Å²) in [6, 6.07) is 0. The van der Waals surface area contributed by atoms with Gasteiger partial charge in [-0.15, -0.1) is 0 Å². The molecule has 1 aromatic rings. The van der Waals surface area contributed by atoms with Gasteiger partial charge < -0.3 is 0 Å². The highest BCUT2D eigenvalue weighted by Crippen LogP contribution is 2.43. The molecule has 170 valence electrons. The molecule has 2 nitrogen and oxygen atoms in total. The van der Waals surface area contributed by atoms with Crippen LogP contribution in [0.2, 0.25) is 0 Å². The minimum atomic E-state index is 0.916. The molecule has 2 fully saturated rings. The van der Waals surface area contributed by atoms with E-state index in [4.69, 9.17) is 0 Å². The second-order valence-electron chi connectivity index (χ2n) is 10.6. The fraction of sp³-hybridized carbons (Fsp3) is 0.857. The smallest absolute Gasteiger partial charge is 0.128 e. The van der Waals surface area contributed by atoms with Crippen LogP contribution in [0.3, 0.4) is 0 Å². The summed E-state index contributed by atoms with van der Waals surface area (Å²) in [6.07, 6.45) is 29.5. The fourth-order valence-electron chi connectivity index (χ4n) is 6.19. The van der Waals surface area contributed by atoms with Crippen molar-refractivity contribution in [2.75, 3.05) is 0 Å². The third kappa shape index (κ3) is 7.97. The van der Waals surface area contributed by atoms with Gasteiger partial charge in [0.15, 0.2) is 0 Å².